The maximum Gasteiger partial charge on any atom is 0.171 e. The lowest BCUT2D eigenvalue weighted by Crippen LogP contribution is -2.33. The molecule has 0 aromatic carbocycles. The number of hydrogen-bond donors (Lipinski definition) is 1. The SMILES string of the molecule is CC1CCN(c2nn(-c3ccncc3)c(N)c2C#N)CC1. The van der Waals surface area contributed by atoms with Crippen molar-refractivity contribution in [1.29, 1.82) is 5.26 Å². The topological polar surface area (TPSA) is 83.8 Å². The summed E-state index contributed by atoms with van der Waals surface area (Å²) in [6, 6.07) is 5.85. The standard InChI is InChI=1S/C15H18N6/c1-11-4-8-20(9-5-11)15-13(10-16)14(17)21(19-15)12-2-6-18-7-3-12/h2-3,6-7,11H,4-5,8-9,17H2,1H3. The Hall–Kier alpha value is -2.55. The molecule has 2 aromatic rings. The number of pyridine rings is 1. The molecule has 1 aliphatic rings. The zero-order valence-corrected chi connectivity index (χ0v) is 12.0. The van der Waals surface area contributed by atoms with Gasteiger partial charge >= 0.3 is 0 Å². The van der Waals surface area contributed by atoms with Crippen molar-refractivity contribution in [3.05, 3.63) is 30.1 Å². The lowest BCUT2D eigenvalue weighted by atomic mass is 9.99. The molecule has 6 nitrogen and oxygen atoms in total. The predicted molar refractivity (Wildman–Crippen MR) is 81.1 cm³/mol. The molecule has 108 valence electrons. The molecule has 0 spiro atoms. The van der Waals surface area contributed by atoms with Gasteiger partial charge in [0.2, 0.25) is 0 Å². The number of aromatic nitrogens is 3. The van der Waals surface area contributed by atoms with E-state index in [-0.39, 0.29) is 0 Å². The van der Waals surface area contributed by atoms with Crippen LogP contribution in [0.3, 0.4) is 0 Å². The quantitative estimate of drug-likeness (QED) is 0.910. The average Bonchev–Trinajstić information content (AvgIpc) is 2.85. The molecular formula is C15H18N6. The summed E-state index contributed by atoms with van der Waals surface area (Å²) in [5.41, 5.74) is 7.39. The highest BCUT2D eigenvalue weighted by Gasteiger charge is 2.24. The van der Waals surface area contributed by atoms with Crippen LogP contribution in [0.1, 0.15) is 25.3 Å². The first-order chi connectivity index (χ1) is 10.2. The Bertz CT molecular complexity index is 661. The Morgan fingerprint density at radius 3 is 2.57 bits per heavy atom. The van der Waals surface area contributed by atoms with E-state index in [4.69, 9.17) is 5.73 Å². The van der Waals surface area contributed by atoms with Crippen LogP contribution in [0.2, 0.25) is 0 Å². The summed E-state index contributed by atoms with van der Waals surface area (Å²) < 4.78 is 1.62. The number of nitrogen functional groups attached to an aromatic ring is 1. The molecule has 1 aliphatic heterocycles. The van der Waals surface area contributed by atoms with Gasteiger partial charge in [-0.05, 0) is 30.9 Å². The Morgan fingerprint density at radius 1 is 1.29 bits per heavy atom. The summed E-state index contributed by atoms with van der Waals surface area (Å²) in [5, 5.41) is 14.0. The second-order valence-corrected chi connectivity index (χ2v) is 5.48. The fraction of sp³-hybridized carbons (Fsp3) is 0.400. The van der Waals surface area contributed by atoms with E-state index in [1.807, 2.05) is 12.1 Å². The maximum atomic E-state index is 9.42. The molecule has 0 saturated carbocycles. The van der Waals surface area contributed by atoms with Gasteiger partial charge in [-0.1, -0.05) is 6.92 Å². The van der Waals surface area contributed by atoms with Crippen LogP contribution in [-0.4, -0.2) is 27.9 Å². The molecule has 0 aliphatic carbocycles. The van der Waals surface area contributed by atoms with Gasteiger partial charge in [0.15, 0.2) is 5.82 Å². The first-order valence-corrected chi connectivity index (χ1v) is 7.14. The van der Waals surface area contributed by atoms with Crippen molar-refractivity contribution in [2.24, 2.45) is 5.92 Å². The van der Waals surface area contributed by atoms with Gasteiger partial charge in [-0.3, -0.25) is 4.98 Å². The van der Waals surface area contributed by atoms with E-state index in [9.17, 15) is 5.26 Å². The zero-order valence-electron chi connectivity index (χ0n) is 12.0. The van der Waals surface area contributed by atoms with Gasteiger partial charge in [0.25, 0.3) is 0 Å². The highest BCUT2D eigenvalue weighted by molar-refractivity contribution is 5.67. The summed E-state index contributed by atoms with van der Waals surface area (Å²) >= 11 is 0. The molecule has 6 heteroatoms. The molecule has 3 heterocycles. The number of nitriles is 1. The lowest BCUT2D eigenvalue weighted by molar-refractivity contribution is 0.436. The predicted octanol–water partition coefficient (Wildman–Crippen LogP) is 1.96. The number of hydrogen-bond acceptors (Lipinski definition) is 5. The molecule has 21 heavy (non-hydrogen) atoms. The van der Waals surface area contributed by atoms with E-state index >= 15 is 0 Å². The number of rotatable bonds is 2. The third kappa shape index (κ3) is 2.42. The number of nitrogens with zero attached hydrogens (tertiary/aromatic N) is 5. The van der Waals surface area contributed by atoms with Crippen LogP contribution >= 0.6 is 0 Å². The third-order valence-corrected chi connectivity index (χ3v) is 4.00. The summed E-state index contributed by atoms with van der Waals surface area (Å²) in [7, 11) is 0. The van der Waals surface area contributed by atoms with Crippen LogP contribution in [0.5, 0.6) is 0 Å². The normalized spacial score (nSPS) is 15.9. The number of nitrogens with two attached hydrogens (primary N) is 1. The molecule has 0 bridgehead atoms. The minimum absolute atomic E-state index is 0.386. The molecule has 0 atom stereocenters. The molecule has 0 unspecified atom stereocenters. The van der Waals surface area contributed by atoms with E-state index < -0.39 is 0 Å². The van der Waals surface area contributed by atoms with Crippen molar-refractivity contribution in [3.63, 3.8) is 0 Å². The summed E-state index contributed by atoms with van der Waals surface area (Å²) in [6.07, 6.45) is 5.61. The average molecular weight is 282 g/mol. The fourth-order valence-corrected chi connectivity index (χ4v) is 2.65. The summed E-state index contributed by atoms with van der Waals surface area (Å²) in [5.74, 6) is 1.81. The second kappa shape index (κ2) is 5.44. The van der Waals surface area contributed by atoms with E-state index in [0.717, 1.165) is 37.5 Å². The van der Waals surface area contributed by atoms with Crippen LogP contribution < -0.4 is 10.6 Å². The molecule has 3 rings (SSSR count). The highest BCUT2D eigenvalue weighted by atomic mass is 15.4. The van der Waals surface area contributed by atoms with Crippen molar-refractivity contribution in [3.8, 4) is 11.8 Å². The van der Waals surface area contributed by atoms with Crippen molar-refractivity contribution in [2.45, 2.75) is 19.8 Å². The fourth-order valence-electron chi connectivity index (χ4n) is 2.65. The largest absolute Gasteiger partial charge is 0.382 e. The van der Waals surface area contributed by atoms with E-state index in [1.165, 1.54) is 0 Å². The summed E-state index contributed by atoms with van der Waals surface area (Å²) in [4.78, 5) is 6.15. The van der Waals surface area contributed by atoms with E-state index in [0.29, 0.717) is 17.2 Å². The molecule has 2 N–H and O–H groups in total. The van der Waals surface area contributed by atoms with Crippen LogP contribution in [0.15, 0.2) is 24.5 Å². The van der Waals surface area contributed by atoms with E-state index in [1.54, 1.807) is 17.1 Å². The van der Waals surface area contributed by atoms with Gasteiger partial charge < -0.3 is 10.6 Å². The Morgan fingerprint density at radius 2 is 1.95 bits per heavy atom. The van der Waals surface area contributed by atoms with Crippen molar-refractivity contribution in [2.75, 3.05) is 23.7 Å². The van der Waals surface area contributed by atoms with Crippen LogP contribution in [0, 0.1) is 17.2 Å². The third-order valence-electron chi connectivity index (χ3n) is 4.00. The van der Waals surface area contributed by atoms with Gasteiger partial charge in [0, 0.05) is 25.5 Å². The first kappa shape index (κ1) is 13.4. The minimum Gasteiger partial charge on any atom is -0.382 e. The smallest absolute Gasteiger partial charge is 0.171 e. The van der Waals surface area contributed by atoms with Gasteiger partial charge in [0.1, 0.15) is 17.5 Å². The van der Waals surface area contributed by atoms with Gasteiger partial charge in [0.05, 0.1) is 5.69 Å². The van der Waals surface area contributed by atoms with Crippen molar-refractivity contribution >= 4 is 11.6 Å². The number of anilines is 2. The molecule has 2 aromatic heterocycles. The monoisotopic (exact) mass is 282 g/mol. The van der Waals surface area contributed by atoms with Crippen molar-refractivity contribution in [1.82, 2.24) is 14.8 Å². The summed E-state index contributed by atoms with van der Waals surface area (Å²) in [6.45, 7) is 4.10. The van der Waals surface area contributed by atoms with Crippen molar-refractivity contribution < 1.29 is 0 Å². The minimum atomic E-state index is 0.386. The second-order valence-electron chi connectivity index (χ2n) is 5.48. The zero-order chi connectivity index (χ0) is 14.8. The molecule has 0 amide bonds. The Balaban J connectivity index is 2.00. The van der Waals surface area contributed by atoms with Crippen LogP contribution in [-0.2, 0) is 0 Å². The molecular weight excluding hydrogens is 264 g/mol. The van der Waals surface area contributed by atoms with Gasteiger partial charge in [-0.15, -0.1) is 5.10 Å². The van der Waals surface area contributed by atoms with Crippen LogP contribution in [0.4, 0.5) is 11.6 Å². The Kier molecular flexibility index (Phi) is 3.48. The van der Waals surface area contributed by atoms with Gasteiger partial charge in [-0.2, -0.15) is 5.26 Å². The maximum absolute atomic E-state index is 9.42. The van der Waals surface area contributed by atoms with E-state index in [2.05, 4.69) is 28.0 Å². The molecule has 0 radical (unpaired) electrons. The van der Waals surface area contributed by atoms with Gasteiger partial charge in [-0.25, -0.2) is 4.68 Å². The Labute approximate surface area is 123 Å². The molecule has 1 saturated heterocycles. The van der Waals surface area contributed by atoms with Crippen LogP contribution in [0.25, 0.3) is 5.69 Å². The number of piperidine rings is 1. The first-order valence-electron chi connectivity index (χ1n) is 7.14. The lowest BCUT2D eigenvalue weighted by Gasteiger charge is -2.30. The molecule has 1 fully saturated rings. The highest BCUT2D eigenvalue weighted by Crippen LogP contribution is 2.29.